The molecule has 0 bridgehead atoms. The standard InChI is InChI=1S/C21H25N7O2/c1-28(2)21(30)25-16-9-14(11-23-12-16)13-3-4-18-17(10-13)19(27-26-18)20(29)24-15-5-7-22-8-6-15/h3-4,9-12,15,22H,5-8H2,1-2H3,(H,24,29)(H,25,30)(H,26,27). The van der Waals surface area contributed by atoms with Crippen molar-refractivity contribution in [1.82, 2.24) is 30.7 Å². The van der Waals surface area contributed by atoms with Crippen molar-refractivity contribution in [1.29, 1.82) is 0 Å². The van der Waals surface area contributed by atoms with Crippen LogP contribution in [0.2, 0.25) is 0 Å². The molecule has 4 rings (SSSR count). The van der Waals surface area contributed by atoms with E-state index < -0.39 is 0 Å². The molecule has 0 unspecified atom stereocenters. The first-order valence-electron chi connectivity index (χ1n) is 9.94. The van der Waals surface area contributed by atoms with E-state index in [1.807, 2.05) is 24.3 Å². The average molecular weight is 407 g/mol. The molecule has 9 nitrogen and oxygen atoms in total. The van der Waals surface area contributed by atoms with Gasteiger partial charge >= 0.3 is 6.03 Å². The largest absolute Gasteiger partial charge is 0.348 e. The van der Waals surface area contributed by atoms with Crippen LogP contribution in [0.1, 0.15) is 23.3 Å². The lowest BCUT2D eigenvalue weighted by atomic mass is 10.0. The fourth-order valence-electron chi connectivity index (χ4n) is 3.49. The molecule has 0 spiro atoms. The molecule has 1 aromatic carbocycles. The van der Waals surface area contributed by atoms with Gasteiger partial charge in [0.2, 0.25) is 0 Å². The molecular formula is C21H25N7O2. The number of piperidine rings is 1. The van der Waals surface area contributed by atoms with Crippen LogP contribution in [0.25, 0.3) is 22.0 Å². The zero-order chi connectivity index (χ0) is 21.1. The van der Waals surface area contributed by atoms with Gasteiger partial charge in [0.15, 0.2) is 5.69 Å². The number of urea groups is 1. The smallest absolute Gasteiger partial charge is 0.321 e. The Labute approximate surface area is 174 Å². The number of pyridine rings is 1. The average Bonchev–Trinajstić information content (AvgIpc) is 3.18. The van der Waals surface area contributed by atoms with Gasteiger partial charge in [-0.3, -0.25) is 14.9 Å². The molecular weight excluding hydrogens is 382 g/mol. The maximum atomic E-state index is 12.8. The van der Waals surface area contributed by atoms with Crippen molar-refractivity contribution in [3.05, 3.63) is 42.4 Å². The Morgan fingerprint density at radius 2 is 1.90 bits per heavy atom. The second-order valence-corrected chi connectivity index (χ2v) is 7.62. The summed E-state index contributed by atoms with van der Waals surface area (Å²) in [4.78, 5) is 30.4. The van der Waals surface area contributed by atoms with E-state index in [1.165, 1.54) is 4.90 Å². The van der Waals surface area contributed by atoms with Gasteiger partial charge < -0.3 is 20.9 Å². The van der Waals surface area contributed by atoms with Crippen molar-refractivity contribution in [3.63, 3.8) is 0 Å². The van der Waals surface area contributed by atoms with Gasteiger partial charge in [0, 0.05) is 37.3 Å². The number of H-pyrrole nitrogens is 1. The monoisotopic (exact) mass is 407 g/mol. The minimum absolute atomic E-state index is 0.162. The third-order valence-corrected chi connectivity index (χ3v) is 5.18. The van der Waals surface area contributed by atoms with E-state index in [0.717, 1.165) is 48.0 Å². The quantitative estimate of drug-likeness (QED) is 0.529. The topological polar surface area (TPSA) is 115 Å². The Morgan fingerprint density at radius 1 is 1.10 bits per heavy atom. The third kappa shape index (κ3) is 4.25. The molecule has 0 saturated carbocycles. The number of fused-ring (bicyclic) bond motifs is 1. The molecule has 1 fully saturated rings. The summed E-state index contributed by atoms with van der Waals surface area (Å²) in [6, 6.07) is 7.54. The molecule has 0 aliphatic carbocycles. The highest BCUT2D eigenvalue weighted by atomic mass is 16.2. The maximum absolute atomic E-state index is 12.8. The molecule has 156 valence electrons. The van der Waals surface area contributed by atoms with E-state index in [2.05, 4.69) is 31.1 Å². The van der Waals surface area contributed by atoms with Gasteiger partial charge in [-0.2, -0.15) is 5.10 Å². The summed E-state index contributed by atoms with van der Waals surface area (Å²) in [6.07, 6.45) is 5.15. The van der Waals surface area contributed by atoms with Crippen LogP contribution >= 0.6 is 0 Å². The Morgan fingerprint density at radius 3 is 2.67 bits per heavy atom. The van der Waals surface area contributed by atoms with Crippen LogP contribution in [0.4, 0.5) is 10.5 Å². The van der Waals surface area contributed by atoms with Crippen molar-refractivity contribution in [2.45, 2.75) is 18.9 Å². The molecule has 3 aromatic rings. The first-order valence-corrected chi connectivity index (χ1v) is 9.94. The molecule has 3 amide bonds. The number of aromatic nitrogens is 3. The Balaban J connectivity index is 1.59. The molecule has 1 aliphatic rings. The number of carbonyl (C=O) groups is 2. The summed E-state index contributed by atoms with van der Waals surface area (Å²) in [5, 5.41) is 17.1. The lowest BCUT2D eigenvalue weighted by Gasteiger charge is -2.23. The number of nitrogens with zero attached hydrogens (tertiary/aromatic N) is 3. The SMILES string of the molecule is CN(C)C(=O)Nc1cncc(-c2ccc3[nH]nc(C(=O)NC4CCNCC4)c3c2)c1. The van der Waals surface area contributed by atoms with Crippen LogP contribution in [0, 0.1) is 0 Å². The minimum Gasteiger partial charge on any atom is -0.348 e. The van der Waals surface area contributed by atoms with Gasteiger partial charge in [-0.05, 0) is 49.7 Å². The number of amides is 3. The fourth-order valence-corrected chi connectivity index (χ4v) is 3.49. The van der Waals surface area contributed by atoms with Gasteiger partial charge in [0.1, 0.15) is 0 Å². The van der Waals surface area contributed by atoms with Crippen molar-refractivity contribution in [2.75, 3.05) is 32.5 Å². The molecule has 9 heteroatoms. The minimum atomic E-state index is -0.226. The van der Waals surface area contributed by atoms with E-state index >= 15 is 0 Å². The van der Waals surface area contributed by atoms with Gasteiger partial charge in [0.05, 0.1) is 17.4 Å². The van der Waals surface area contributed by atoms with E-state index in [1.54, 1.807) is 26.5 Å². The molecule has 2 aromatic heterocycles. The van der Waals surface area contributed by atoms with Crippen LogP contribution in [0.15, 0.2) is 36.7 Å². The molecule has 30 heavy (non-hydrogen) atoms. The summed E-state index contributed by atoms with van der Waals surface area (Å²) in [7, 11) is 3.35. The second-order valence-electron chi connectivity index (χ2n) is 7.62. The maximum Gasteiger partial charge on any atom is 0.321 e. The van der Waals surface area contributed by atoms with Crippen molar-refractivity contribution >= 4 is 28.5 Å². The summed E-state index contributed by atoms with van der Waals surface area (Å²) in [5.74, 6) is -0.171. The van der Waals surface area contributed by atoms with Gasteiger partial charge in [-0.15, -0.1) is 0 Å². The molecule has 3 heterocycles. The molecule has 1 aliphatic heterocycles. The van der Waals surface area contributed by atoms with Crippen LogP contribution in [-0.4, -0.2) is 65.2 Å². The normalized spacial score (nSPS) is 14.5. The van der Waals surface area contributed by atoms with E-state index in [9.17, 15) is 9.59 Å². The molecule has 0 atom stereocenters. The molecule has 1 saturated heterocycles. The van der Waals surface area contributed by atoms with Gasteiger partial charge in [-0.1, -0.05) is 6.07 Å². The van der Waals surface area contributed by atoms with Crippen LogP contribution < -0.4 is 16.0 Å². The number of benzene rings is 1. The number of nitrogens with one attached hydrogen (secondary N) is 4. The zero-order valence-electron chi connectivity index (χ0n) is 17.0. The van der Waals surface area contributed by atoms with Crippen molar-refractivity contribution < 1.29 is 9.59 Å². The second kappa shape index (κ2) is 8.50. The van der Waals surface area contributed by atoms with E-state index in [4.69, 9.17) is 0 Å². The van der Waals surface area contributed by atoms with Crippen LogP contribution in [0.3, 0.4) is 0 Å². The van der Waals surface area contributed by atoms with Gasteiger partial charge in [-0.25, -0.2) is 4.79 Å². The highest BCUT2D eigenvalue weighted by Crippen LogP contribution is 2.27. The predicted molar refractivity (Wildman–Crippen MR) is 115 cm³/mol. The first kappa shape index (κ1) is 19.8. The van der Waals surface area contributed by atoms with Gasteiger partial charge in [0.25, 0.3) is 5.91 Å². The number of anilines is 1. The summed E-state index contributed by atoms with van der Waals surface area (Å²) >= 11 is 0. The van der Waals surface area contributed by atoms with Crippen LogP contribution in [-0.2, 0) is 0 Å². The summed E-state index contributed by atoms with van der Waals surface area (Å²) < 4.78 is 0. The number of carbonyl (C=O) groups excluding carboxylic acids is 2. The third-order valence-electron chi connectivity index (χ3n) is 5.18. The Kier molecular flexibility index (Phi) is 5.62. The first-order chi connectivity index (χ1) is 14.5. The Hall–Kier alpha value is -3.46. The fraction of sp³-hybridized carbons (Fsp3) is 0.333. The predicted octanol–water partition coefficient (Wildman–Crippen LogP) is 2.20. The van der Waals surface area contributed by atoms with E-state index in [-0.39, 0.29) is 18.0 Å². The lowest BCUT2D eigenvalue weighted by molar-refractivity contribution is 0.0926. The summed E-state index contributed by atoms with van der Waals surface area (Å²) in [5.41, 5.74) is 3.49. The number of rotatable bonds is 4. The van der Waals surface area contributed by atoms with Crippen LogP contribution in [0.5, 0.6) is 0 Å². The summed E-state index contributed by atoms with van der Waals surface area (Å²) in [6.45, 7) is 1.81. The lowest BCUT2D eigenvalue weighted by Crippen LogP contribution is -2.42. The van der Waals surface area contributed by atoms with Crippen molar-refractivity contribution in [3.8, 4) is 11.1 Å². The van der Waals surface area contributed by atoms with Crippen molar-refractivity contribution in [2.24, 2.45) is 0 Å². The highest BCUT2D eigenvalue weighted by Gasteiger charge is 2.20. The Bertz CT molecular complexity index is 1070. The highest BCUT2D eigenvalue weighted by molar-refractivity contribution is 6.05. The molecule has 0 radical (unpaired) electrons. The number of aromatic amines is 1. The number of hydrogen-bond acceptors (Lipinski definition) is 5. The van der Waals surface area contributed by atoms with E-state index in [0.29, 0.717) is 11.4 Å². The molecule has 4 N–H and O–H groups in total. The zero-order valence-corrected chi connectivity index (χ0v) is 17.0. The number of hydrogen-bond donors (Lipinski definition) is 4.